The van der Waals surface area contributed by atoms with Crippen LogP contribution < -0.4 is 14.8 Å². The van der Waals surface area contributed by atoms with E-state index < -0.39 is 6.10 Å². The molecular formula is C22H29NO3. The third kappa shape index (κ3) is 6.43. The molecule has 0 radical (unpaired) electrons. The van der Waals surface area contributed by atoms with Crippen LogP contribution in [0.2, 0.25) is 0 Å². The number of rotatable bonds is 10. The van der Waals surface area contributed by atoms with Crippen LogP contribution in [0.15, 0.2) is 48.5 Å². The Balaban J connectivity index is 1.80. The fraction of sp³-hybridized carbons (Fsp3) is 0.409. The number of aryl methyl sites for hydroxylation is 1. The minimum absolute atomic E-state index is 0.179. The predicted molar refractivity (Wildman–Crippen MR) is 106 cm³/mol. The summed E-state index contributed by atoms with van der Waals surface area (Å²) in [5, 5.41) is 2.87. The van der Waals surface area contributed by atoms with Crippen molar-refractivity contribution in [2.75, 3.05) is 11.9 Å². The van der Waals surface area contributed by atoms with Gasteiger partial charge in [0.05, 0.1) is 6.61 Å². The first-order valence-corrected chi connectivity index (χ1v) is 9.36. The van der Waals surface area contributed by atoms with Gasteiger partial charge in [-0.3, -0.25) is 4.79 Å². The molecule has 4 nitrogen and oxygen atoms in total. The van der Waals surface area contributed by atoms with Crippen molar-refractivity contribution in [2.45, 2.75) is 52.6 Å². The maximum Gasteiger partial charge on any atom is 0.265 e. The highest BCUT2D eigenvalue weighted by Crippen LogP contribution is 2.19. The summed E-state index contributed by atoms with van der Waals surface area (Å²) in [6.45, 7) is 6.63. The number of unbranched alkanes of at least 4 members (excludes halogenated alkanes) is 3. The standard InChI is InChI=1S/C22H29NO3/c1-4-5-6-9-16-25-20-14-12-19(13-15-20)23-22(24)18(3)26-21-11-8-7-10-17(21)2/h7-8,10-15,18H,4-6,9,16H2,1-3H3,(H,23,24)/t18-/m0/s1. The Morgan fingerprint density at radius 2 is 1.77 bits per heavy atom. The quantitative estimate of drug-likeness (QED) is 0.584. The number of hydrogen-bond donors (Lipinski definition) is 1. The van der Waals surface area contributed by atoms with Crippen LogP contribution in [0.25, 0.3) is 0 Å². The molecule has 0 spiro atoms. The maximum atomic E-state index is 12.3. The Kier molecular flexibility index (Phi) is 8.00. The van der Waals surface area contributed by atoms with Crippen molar-refractivity contribution in [3.05, 3.63) is 54.1 Å². The molecule has 0 aliphatic carbocycles. The predicted octanol–water partition coefficient (Wildman–Crippen LogP) is 5.36. The van der Waals surface area contributed by atoms with Crippen molar-refractivity contribution >= 4 is 11.6 Å². The second-order valence-corrected chi connectivity index (χ2v) is 6.45. The van der Waals surface area contributed by atoms with Crippen LogP contribution in [-0.2, 0) is 4.79 Å². The van der Waals surface area contributed by atoms with E-state index in [9.17, 15) is 4.79 Å². The van der Waals surface area contributed by atoms with Crippen LogP contribution in [0.3, 0.4) is 0 Å². The van der Waals surface area contributed by atoms with Crippen molar-refractivity contribution < 1.29 is 14.3 Å². The van der Waals surface area contributed by atoms with Gasteiger partial charge in [-0.15, -0.1) is 0 Å². The first-order valence-electron chi connectivity index (χ1n) is 9.36. The first-order chi connectivity index (χ1) is 12.6. The van der Waals surface area contributed by atoms with Gasteiger partial charge < -0.3 is 14.8 Å². The number of anilines is 1. The van der Waals surface area contributed by atoms with Crippen LogP contribution in [0.4, 0.5) is 5.69 Å². The molecule has 0 aliphatic heterocycles. The molecule has 4 heteroatoms. The summed E-state index contributed by atoms with van der Waals surface area (Å²) in [6.07, 6.45) is 4.16. The second-order valence-electron chi connectivity index (χ2n) is 6.45. The zero-order chi connectivity index (χ0) is 18.8. The lowest BCUT2D eigenvalue weighted by Gasteiger charge is -2.16. The largest absolute Gasteiger partial charge is 0.494 e. The van der Waals surface area contributed by atoms with Crippen LogP contribution in [0, 0.1) is 6.92 Å². The van der Waals surface area contributed by atoms with Crippen LogP contribution in [0.5, 0.6) is 11.5 Å². The van der Waals surface area contributed by atoms with E-state index in [1.165, 1.54) is 19.3 Å². The van der Waals surface area contributed by atoms with Crippen molar-refractivity contribution in [2.24, 2.45) is 0 Å². The number of hydrogen-bond acceptors (Lipinski definition) is 3. The molecule has 2 aromatic carbocycles. The normalized spacial score (nSPS) is 11.7. The molecule has 26 heavy (non-hydrogen) atoms. The van der Waals surface area contributed by atoms with Crippen LogP contribution in [0.1, 0.15) is 45.1 Å². The molecule has 0 saturated carbocycles. The van der Waals surface area contributed by atoms with Crippen molar-refractivity contribution in [1.29, 1.82) is 0 Å². The van der Waals surface area contributed by atoms with Gasteiger partial charge in [0.15, 0.2) is 6.10 Å². The zero-order valence-electron chi connectivity index (χ0n) is 16.0. The van der Waals surface area contributed by atoms with E-state index in [0.29, 0.717) is 0 Å². The summed E-state index contributed by atoms with van der Waals surface area (Å²) in [6, 6.07) is 15.1. The van der Waals surface area contributed by atoms with E-state index in [0.717, 1.165) is 35.8 Å². The van der Waals surface area contributed by atoms with Gasteiger partial charge in [-0.1, -0.05) is 44.4 Å². The lowest BCUT2D eigenvalue weighted by atomic mass is 10.2. The summed E-state index contributed by atoms with van der Waals surface area (Å²) in [4.78, 5) is 12.3. The third-order valence-corrected chi connectivity index (χ3v) is 4.16. The Morgan fingerprint density at radius 1 is 1.04 bits per heavy atom. The highest BCUT2D eigenvalue weighted by Gasteiger charge is 2.15. The fourth-order valence-corrected chi connectivity index (χ4v) is 2.53. The molecule has 1 amide bonds. The van der Waals surface area contributed by atoms with E-state index in [2.05, 4.69) is 12.2 Å². The lowest BCUT2D eigenvalue weighted by Crippen LogP contribution is -2.30. The number of amides is 1. The van der Waals surface area contributed by atoms with E-state index >= 15 is 0 Å². The molecule has 0 bridgehead atoms. The molecular weight excluding hydrogens is 326 g/mol. The molecule has 0 heterocycles. The Hall–Kier alpha value is -2.49. The number of carbonyl (C=O) groups excluding carboxylic acids is 1. The summed E-state index contributed by atoms with van der Waals surface area (Å²) < 4.78 is 11.5. The van der Waals surface area contributed by atoms with Crippen molar-refractivity contribution in [3.8, 4) is 11.5 Å². The smallest absolute Gasteiger partial charge is 0.265 e. The van der Waals surface area contributed by atoms with Crippen molar-refractivity contribution in [1.82, 2.24) is 0 Å². The lowest BCUT2D eigenvalue weighted by molar-refractivity contribution is -0.122. The van der Waals surface area contributed by atoms with Gasteiger partial charge in [0.25, 0.3) is 5.91 Å². The summed E-state index contributed by atoms with van der Waals surface area (Å²) in [5.41, 5.74) is 1.74. The van der Waals surface area contributed by atoms with Gasteiger partial charge in [0.1, 0.15) is 11.5 Å². The fourth-order valence-electron chi connectivity index (χ4n) is 2.53. The number of nitrogens with one attached hydrogen (secondary N) is 1. The summed E-state index contributed by atoms with van der Waals surface area (Å²) in [7, 11) is 0. The number of carbonyl (C=O) groups is 1. The monoisotopic (exact) mass is 355 g/mol. The van der Waals surface area contributed by atoms with E-state index in [4.69, 9.17) is 9.47 Å². The van der Waals surface area contributed by atoms with Gasteiger partial charge in [-0.05, 0) is 56.2 Å². The van der Waals surface area contributed by atoms with Gasteiger partial charge in [0.2, 0.25) is 0 Å². The Morgan fingerprint density at radius 3 is 2.46 bits per heavy atom. The molecule has 0 aliphatic rings. The van der Waals surface area contributed by atoms with Crippen molar-refractivity contribution in [3.63, 3.8) is 0 Å². The zero-order valence-corrected chi connectivity index (χ0v) is 16.0. The van der Waals surface area contributed by atoms with Crippen LogP contribution in [-0.4, -0.2) is 18.6 Å². The molecule has 1 atom stereocenters. The van der Waals surface area contributed by atoms with Gasteiger partial charge in [-0.2, -0.15) is 0 Å². The van der Waals surface area contributed by atoms with E-state index in [-0.39, 0.29) is 5.91 Å². The highest BCUT2D eigenvalue weighted by molar-refractivity contribution is 5.94. The molecule has 2 rings (SSSR count). The average Bonchev–Trinajstić information content (AvgIpc) is 2.64. The number of ether oxygens (including phenoxy) is 2. The molecule has 2 aromatic rings. The molecule has 0 aromatic heterocycles. The number of benzene rings is 2. The third-order valence-electron chi connectivity index (χ3n) is 4.16. The minimum atomic E-state index is -0.578. The molecule has 1 N–H and O–H groups in total. The SMILES string of the molecule is CCCCCCOc1ccc(NC(=O)[C@H](C)Oc2ccccc2C)cc1. The molecule has 0 unspecified atom stereocenters. The van der Waals surface area contributed by atoms with Gasteiger partial charge in [-0.25, -0.2) is 0 Å². The Bertz CT molecular complexity index is 682. The maximum absolute atomic E-state index is 12.3. The number of para-hydroxylation sites is 1. The van der Waals surface area contributed by atoms with Gasteiger partial charge in [0, 0.05) is 5.69 Å². The first kappa shape index (κ1) is 19.8. The van der Waals surface area contributed by atoms with E-state index in [1.54, 1.807) is 6.92 Å². The van der Waals surface area contributed by atoms with Gasteiger partial charge >= 0.3 is 0 Å². The molecule has 0 fully saturated rings. The minimum Gasteiger partial charge on any atom is -0.494 e. The summed E-state index contributed by atoms with van der Waals surface area (Å²) in [5.74, 6) is 1.37. The topological polar surface area (TPSA) is 47.6 Å². The Labute approximate surface area is 156 Å². The molecule has 140 valence electrons. The van der Waals surface area contributed by atoms with Crippen LogP contribution >= 0.6 is 0 Å². The highest BCUT2D eigenvalue weighted by atomic mass is 16.5. The average molecular weight is 355 g/mol. The summed E-state index contributed by atoms with van der Waals surface area (Å²) >= 11 is 0. The second kappa shape index (κ2) is 10.5. The van der Waals surface area contributed by atoms with E-state index in [1.807, 2.05) is 55.5 Å². The molecule has 0 saturated heterocycles.